The molecule has 1 unspecified atom stereocenters. The molecular formula is C29H25FN4O2. The number of amides is 1. The quantitative estimate of drug-likeness (QED) is 0.337. The first-order valence-corrected chi connectivity index (χ1v) is 11.9. The van der Waals surface area contributed by atoms with Crippen molar-refractivity contribution in [1.29, 1.82) is 5.26 Å². The van der Waals surface area contributed by atoms with Crippen molar-refractivity contribution in [3.63, 3.8) is 0 Å². The molecule has 5 rings (SSSR count). The van der Waals surface area contributed by atoms with Gasteiger partial charge in [-0.05, 0) is 73.2 Å². The minimum atomic E-state index is -0.550. The van der Waals surface area contributed by atoms with E-state index in [9.17, 15) is 10.1 Å². The van der Waals surface area contributed by atoms with Gasteiger partial charge in [-0.1, -0.05) is 42.5 Å². The maximum absolute atomic E-state index is 15.2. The second-order valence-corrected chi connectivity index (χ2v) is 9.01. The number of rotatable bonds is 8. The maximum Gasteiger partial charge on any atom is 0.274 e. The van der Waals surface area contributed by atoms with E-state index in [2.05, 4.69) is 16.5 Å². The van der Waals surface area contributed by atoms with Crippen molar-refractivity contribution in [3.8, 4) is 11.8 Å². The first-order chi connectivity index (χ1) is 17.5. The molecule has 1 aliphatic carbocycles. The van der Waals surface area contributed by atoms with Crippen LogP contribution in [0.1, 0.15) is 51.8 Å². The Bertz CT molecular complexity index is 1440. The van der Waals surface area contributed by atoms with Crippen molar-refractivity contribution < 1.29 is 13.9 Å². The summed E-state index contributed by atoms with van der Waals surface area (Å²) >= 11 is 0. The lowest BCUT2D eigenvalue weighted by Gasteiger charge is -2.20. The highest BCUT2D eigenvalue weighted by atomic mass is 19.1. The molecular weight excluding hydrogens is 455 g/mol. The minimum absolute atomic E-state index is 0.0638. The number of hydrogen-bond donors (Lipinski definition) is 1. The number of aryl methyl sites for hydroxylation is 1. The van der Waals surface area contributed by atoms with Crippen LogP contribution in [0.5, 0.6) is 0 Å². The van der Waals surface area contributed by atoms with Crippen LogP contribution < -0.4 is 5.32 Å². The highest BCUT2D eigenvalue weighted by molar-refractivity contribution is 6.03. The summed E-state index contributed by atoms with van der Waals surface area (Å²) in [7, 11) is 0. The molecule has 36 heavy (non-hydrogen) atoms. The van der Waals surface area contributed by atoms with Crippen molar-refractivity contribution in [2.75, 3.05) is 11.9 Å². The topological polar surface area (TPSA) is 79.9 Å². The van der Waals surface area contributed by atoms with Gasteiger partial charge in [-0.25, -0.2) is 9.07 Å². The lowest BCUT2D eigenvalue weighted by Crippen LogP contribution is -2.18. The van der Waals surface area contributed by atoms with Crippen LogP contribution in [0.4, 0.5) is 10.1 Å². The van der Waals surface area contributed by atoms with E-state index in [1.54, 1.807) is 49.4 Å². The predicted octanol–water partition coefficient (Wildman–Crippen LogP) is 5.96. The molecule has 1 N–H and O–H groups in total. The Morgan fingerprint density at radius 3 is 2.64 bits per heavy atom. The fourth-order valence-corrected chi connectivity index (χ4v) is 4.08. The van der Waals surface area contributed by atoms with Gasteiger partial charge >= 0.3 is 0 Å². The maximum atomic E-state index is 15.2. The Labute approximate surface area is 209 Å². The molecule has 0 aliphatic heterocycles. The van der Waals surface area contributed by atoms with Crippen LogP contribution in [-0.2, 0) is 4.74 Å². The van der Waals surface area contributed by atoms with Crippen LogP contribution in [0.3, 0.4) is 0 Å². The second kappa shape index (κ2) is 10.1. The zero-order valence-corrected chi connectivity index (χ0v) is 19.8. The van der Waals surface area contributed by atoms with Crippen LogP contribution in [-0.4, -0.2) is 22.3 Å². The molecule has 6 nitrogen and oxygen atoms in total. The Balaban J connectivity index is 1.39. The van der Waals surface area contributed by atoms with E-state index in [0.717, 1.165) is 18.4 Å². The molecule has 4 aromatic rings. The summed E-state index contributed by atoms with van der Waals surface area (Å²) in [6.45, 7) is 2.40. The van der Waals surface area contributed by atoms with Crippen LogP contribution in [0, 0.1) is 30.0 Å². The molecule has 0 spiro atoms. The molecule has 1 atom stereocenters. The molecule has 3 aromatic carbocycles. The average molecular weight is 481 g/mol. The summed E-state index contributed by atoms with van der Waals surface area (Å²) in [5, 5.41) is 16.3. The summed E-state index contributed by atoms with van der Waals surface area (Å²) in [5.41, 5.74) is 3.58. The fourth-order valence-electron chi connectivity index (χ4n) is 4.08. The van der Waals surface area contributed by atoms with Crippen molar-refractivity contribution in [2.24, 2.45) is 5.92 Å². The number of nitrogens with zero attached hydrogens (tertiary/aromatic N) is 3. The van der Waals surface area contributed by atoms with E-state index in [-0.39, 0.29) is 17.5 Å². The van der Waals surface area contributed by atoms with Crippen LogP contribution in [0.25, 0.3) is 5.69 Å². The monoisotopic (exact) mass is 480 g/mol. The van der Waals surface area contributed by atoms with Gasteiger partial charge in [-0.15, -0.1) is 0 Å². The third-order valence-electron chi connectivity index (χ3n) is 6.13. The summed E-state index contributed by atoms with van der Waals surface area (Å²) in [4.78, 5) is 13.1. The van der Waals surface area contributed by atoms with Gasteiger partial charge in [-0.2, -0.15) is 10.4 Å². The smallest absolute Gasteiger partial charge is 0.274 e. The van der Waals surface area contributed by atoms with Gasteiger partial charge in [0.25, 0.3) is 5.91 Å². The Hall–Kier alpha value is -4.28. The predicted molar refractivity (Wildman–Crippen MR) is 134 cm³/mol. The number of benzene rings is 3. The normalized spacial score (nSPS) is 13.7. The van der Waals surface area contributed by atoms with Gasteiger partial charge in [-0.3, -0.25) is 4.79 Å². The van der Waals surface area contributed by atoms with E-state index >= 15 is 4.39 Å². The lowest BCUT2D eigenvalue weighted by molar-refractivity contribution is 0.0716. The van der Waals surface area contributed by atoms with E-state index in [4.69, 9.17) is 4.74 Å². The Kier molecular flexibility index (Phi) is 6.61. The van der Waals surface area contributed by atoms with Crippen molar-refractivity contribution in [2.45, 2.75) is 25.9 Å². The van der Waals surface area contributed by atoms with Gasteiger partial charge in [0.05, 0.1) is 35.3 Å². The number of ether oxygens (including phenoxy) is 1. The highest BCUT2D eigenvalue weighted by Crippen LogP contribution is 2.34. The van der Waals surface area contributed by atoms with Crippen LogP contribution in [0.15, 0.2) is 78.9 Å². The number of anilines is 1. The number of halogens is 1. The highest BCUT2D eigenvalue weighted by Gasteiger charge is 2.25. The number of nitriles is 1. The fraction of sp³-hybridized carbons (Fsp3) is 0.207. The first-order valence-electron chi connectivity index (χ1n) is 11.9. The molecule has 0 radical (unpaired) electrons. The van der Waals surface area contributed by atoms with E-state index < -0.39 is 11.7 Å². The number of carbonyl (C=O) groups is 1. The van der Waals surface area contributed by atoms with Crippen molar-refractivity contribution in [1.82, 2.24) is 9.78 Å². The molecule has 1 saturated carbocycles. The molecule has 1 fully saturated rings. The molecule has 7 heteroatoms. The molecule has 1 aromatic heterocycles. The molecule has 1 aliphatic rings. The van der Waals surface area contributed by atoms with Crippen molar-refractivity contribution >= 4 is 11.6 Å². The van der Waals surface area contributed by atoms with Crippen molar-refractivity contribution in [3.05, 3.63) is 113 Å². The van der Waals surface area contributed by atoms with Crippen LogP contribution in [0.2, 0.25) is 0 Å². The summed E-state index contributed by atoms with van der Waals surface area (Å²) in [6.07, 6.45) is 1.94. The first kappa shape index (κ1) is 23.5. The lowest BCUT2D eigenvalue weighted by atomic mass is 10.0. The summed E-state index contributed by atoms with van der Waals surface area (Å²) in [6, 6.07) is 25.0. The van der Waals surface area contributed by atoms with E-state index in [1.807, 2.05) is 30.3 Å². The number of nitrogens with one attached hydrogen (secondary N) is 1. The molecule has 0 bridgehead atoms. The average Bonchev–Trinajstić information content (AvgIpc) is 3.64. The van der Waals surface area contributed by atoms with Gasteiger partial charge in [0.1, 0.15) is 17.6 Å². The van der Waals surface area contributed by atoms with E-state index in [1.165, 1.54) is 10.7 Å². The van der Waals surface area contributed by atoms with Gasteiger partial charge in [0, 0.05) is 0 Å². The minimum Gasteiger partial charge on any atom is -0.368 e. The standard InChI is InChI=1S/C29H25FN4O2/c1-19-14-27(34(33-19)24-9-5-6-21(15-24)17-31)29(35)32-26-13-12-23(16-25(26)30)28(36-18-20-10-11-20)22-7-3-2-4-8-22/h2-9,12-16,20,28H,10-11,18H2,1H3,(H,32,35). The van der Waals surface area contributed by atoms with E-state index in [0.29, 0.717) is 35.0 Å². The number of carbonyl (C=O) groups excluding carboxylic acids is 1. The molecule has 180 valence electrons. The largest absolute Gasteiger partial charge is 0.368 e. The molecule has 1 amide bonds. The van der Waals surface area contributed by atoms with Gasteiger partial charge in [0.15, 0.2) is 0 Å². The summed E-state index contributed by atoms with van der Waals surface area (Å²) in [5.74, 6) is -0.484. The van der Waals surface area contributed by atoms with Crippen LogP contribution >= 0.6 is 0 Å². The zero-order valence-electron chi connectivity index (χ0n) is 19.8. The molecule has 0 saturated heterocycles. The molecule has 1 heterocycles. The SMILES string of the molecule is Cc1cc(C(=O)Nc2ccc(C(OCC3CC3)c3ccccc3)cc2F)n(-c2cccc(C#N)c2)n1. The second-order valence-electron chi connectivity index (χ2n) is 9.01. The van der Waals surface area contributed by atoms with Gasteiger partial charge < -0.3 is 10.1 Å². The Morgan fingerprint density at radius 2 is 1.92 bits per heavy atom. The zero-order chi connectivity index (χ0) is 25.1. The third kappa shape index (κ3) is 5.19. The van der Waals surface area contributed by atoms with Gasteiger partial charge in [0.2, 0.25) is 0 Å². The third-order valence-corrected chi connectivity index (χ3v) is 6.13. The number of hydrogen-bond acceptors (Lipinski definition) is 4. The summed E-state index contributed by atoms with van der Waals surface area (Å²) < 4.78 is 22.8. The number of aromatic nitrogens is 2. The Morgan fingerprint density at radius 1 is 1.11 bits per heavy atom.